The molecule has 0 spiro atoms. The van der Waals surface area contributed by atoms with Gasteiger partial charge >= 0.3 is 5.97 Å². The highest BCUT2D eigenvalue weighted by atomic mass is 32.1. The van der Waals surface area contributed by atoms with E-state index in [4.69, 9.17) is 9.47 Å². The first-order chi connectivity index (χ1) is 10.5. The molecular formula is C16H17FO4S. The number of ether oxygens (including phenoxy) is 2. The van der Waals surface area contributed by atoms with Crippen molar-refractivity contribution in [2.24, 2.45) is 11.8 Å². The van der Waals surface area contributed by atoms with Crippen LogP contribution in [0.3, 0.4) is 0 Å². The number of hydrogen-bond donors (Lipinski definition) is 1. The molecule has 0 unspecified atom stereocenters. The van der Waals surface area contributed by atoms with Crippen LogP contribution in [-0.4, -0.2) is 25.3 Å². The number of carbonyl (C=O) groups excluding carboxylic acids is 1. The highest BCUT2D eigenvalue weighted by Crippen LogP contribution is 2.42. The van der Waals surface area contributed by atoms with Crippen molar-refractivity contribution in [2.45, 2.75) is 19.3 Å². The molecule has 1 heterocycles. The maximum atomic E-state index is 14.2. The number of phenols is 1. The molecule has 118 valence electrons. The van der Waals surface area contributed by atoms with Gasteiger partial charge in [0.25, 0.3) is 0 Å². The van der Waals surface area contributed by atoms with E-state index in [1.807, 2.05) is 0 Å². The first-order valence-corrected chi connectivity index (χ1v) is 7.92. The number of rotatable bonds is 4. The van der Waals surface area contributed by atoms with Gasteiger partial charge in [0, 0.05) is 21.0 Å². The van der Waals surface area contributed by atoms with Crippen molar-refractivity contribution in [3.8, 4) is 11.5 Å². The molecule has 1 aliphatic carbocycles. The van der Waals surface area contributed by atoms with E-state index in [1.165, 1.54) is 25.6 Å². The molecule has 0 radical (unpaired) electrons. The van der Waals surface area contributed by atoms with E-state index in [0.29, 0.717) is 5.39 Å². The van der Waals surface area contributed by atoms with Gasteiger partial charge in [0.1, 0.15) is 0 Å². The van der Waals surface area contributed by atoms with Gasteiger partial charge in [-0.1, -0.05) is 0 Å². The topological polar surface area (TPSA) is 55.8 Å². The third-order valence-corrected chi connectivity index (χ3v) is 5.46. The molecule has 0 aliphatic heterocycles. The van der Waals surface area contributed by atoms with E-state index in [2.05, 4.69) is 0 Å². The molecule has 4 nitrogen and oxygen atoms in total. The smallest absolute Gasteiger partial charge is 0.308 e. The van der Waals surface area contributed by atoms with E-state index in [0.717, 1.165) is 28.8 Å². The Labute approximate surface area is 131 Å². The molecule has 1 fully saturated rings. The summed E-state index contributed by atoms with van der Waals surface area (Å²) in [5.74, 6) is -0.954. The summed E-state index contributed by atoms with van der Waals surface area (Å²) in [5.41, 5.74) is 0. The third kappa shape index (κ3) is 2.41. The minimum atomic E-state index is -0.657. The normalized spacial score (nSPS) is 20.7. The zero-order chi connectivity index (χ0) is 15.9. The Morgan fingerprint density at radius 2 is 2.18 bits per heavy atom. The Morgan fingerprint density at radius 3 is 2.77 bits per heavy atom. The molecule has 6 heteroatoms. The monoisotopic (exact) mass is 324 g/mol. The van der Waals surface area contributed by atoms with Crippen molar-refractivity contribution in [3.05, 3.63) is 22.8 Å². The molecule has 0 bridgehead atoms. The lowest BCUT2D eigenvalue weighted by atomic mass is 9.72. The molecule has 22 heavy (non-hydrogen) atoms. The van der Waals surface area contributed by atoms with Gasteiger partial charge in [-0.2, -0.15) is 0 Å². The summed E-state index contributed by atoms with van der Waals surface area (Å²) in [7, 11) is 2.80. The predicted octanol–water partition coefficient (Wildman–Crippen LogP) is 3.50. The van der Waals surface area contributed by atoms with Gasteiger partial charge in [0.2, 0.25) is 0 Å². The number of esters is 1. The zero-order valence-corrected chi connectivity index (χ0v) is 13.2. The fraction of sp³-hybridized carbons (Fsp3) is 0.438. The molecule has 1 aromatic heterocycles. The van der Waals surface area contributed by atoms with Gasteiger partial charge in [-0.25, -0.2) is 4.39 Å². The van der Waals surface area contributed by atoms with E-state index >= 15 is 0 Å². The van der Waals surface area contributed by atoms with Crippen LogP contribution in [-0.2, 0) is 16.0 Å². The first-order valence-electron chi connectivity index (χ1n) is 7.10. The maximum absolute atomic E-state index is 14.2. The molecule has 0 saturated heterocycles. The molecule has 1 aromatic carbocycles. The molecule has 1 saturated carbocycles. The summed E-state index contributed by atoms with van der Waals surface area (Å²) >= 11 is 1.47. The molecular weight excluding hydrogens is 307 g/mol. The van der Waals surface area contributed by atoms with Gasteiger partial charge < -0.3 is 14.6 Å². The summed E-state index contributed by atoms with van der Waals surface area (Å²) in [5, 5.41) is 10.1. The molecule has 1 aliphatic rings. The van der Waals surface area contributed by atoms with E-state index in [9.17, 15) is 14.3 Å². The van der Waals surface area contributed by atoms with Crippen LogP contribution in [0.5, 0.6) is 11.5 Å². The zero-order valence-electron chi connectivity index (χ0n) is 12.4. The minimum absolute atomic E-state index is 0.0528. The average Bonchev–Trinajstić information content (AvgIpc) is 2.90. The molecule has 2 atom stereocenters. The lowest BCUT2D eigenvalue weighted by molar-refractivity contribution is -0.151. The number of benzene rings is 1. The van der Waals surface area contributed by atoms with E-state index in [1.54, 1.807) is 12.1 Å². The molecule has 2 aromatic rings. The minimum Gasteiger partial charge on any atom is -0.502 e. The van der Waals surface area contributed by atoms with Crippen molar-refractivity contribution < 1.29 is 23.8 Å². The van der Waals surface area contributed by atoms with Crippen molar-refractivity contribution in [3.63, 3.8) is 0 Å². The number of fused-ring (bicyclic) bond motifs is 1. The number of phenolic OH excluding ortho intramolecular Hbond substituents is 1. The van der Waals surface area contributed by atoms with Crippen LogP contribution in [0.15, 0.2) is 12.1 Å². The Hall–Kier alpha value is -1.82. The first kappa shape index (κ1) is 15.1. The molecule has 0 amide bonds. The van der Waals surface area contributed by atoms with Crippen molar-refractivity contribution in [2.75, 3.05) is 14.2 Å². The van der Waals surface area contributed by atoms with Gasteiger partial charge in [-0.3, -0.25) is 4.79 Å². The van der Waals surface area contributed by atoms with Gasteiger partial charge in [0.05, 0.1) is 20.1 Å². The highest BCUT2D eigenvalue weighted by Gasteiger charge is 2.37. The maximum Gasteiger partial charge on any atom is 0.308 e. The number of aromatic hydroxyl groups is 1. The largest absolute Gasteiger partial charge is 0.502 e. The second-order valence-corrected chi connectivity index (χ2v) is 6.71. The fourth-order valence-electron chi connectivity index (χ4n) is 2.95. The Bertz CT molecular complexity index is 724. The molecule has 1 N–H and O–H groups in total. The number of halogens is 1. The Kier molecular flexibility index (Phi) is 3.95. The van der Waals surface area contributed by atoms with Crippen LogP contribution in [0.4, 0.5) is 4.39 Å². The SMILES string of the molecule is COC(=O)[C@@H]1CC[C@H]1Cc1cc2c(F)c(O)c(OC)cc2s1. The second-order valence-electron chi connectivity index (χ2n) is 5.54. The van der Waals surface area contributed by atoms with Crippen LogP contribution in [0.2, 0.25) is 0 Å². The lowest BCUT2D eigenvalue weighted by Crippen LogP contribution is -2.34. The highest BCUT2D eigenvalue weighted by molar-refractivity contribution is 7.19. The summed E-state index contributed by atoms with van der Waals surface area (Å²) in [6.07, 6.45) is 2.55. The number of carbonyl (C=O) groups is 1. The molecule has 3 rings (SSSR count). The number of hydrogen-bond acceptors (Lipinski definition) is 5. The quantitative estimate of drug-likeness (QED) is 0.875. The summed E-state index contributed by atoms with van der Waals surface area (Å²) in [6.45, 7) is 0. The Balaban J connectivity index is 1.87. The number of thiophene rings is 1. The van der Waals surface area contributed by atoms with Crippen molar-refractivity contribution >= 4 is 27.4 Å². The lowest BCUT2D eigenvalue weighted by Gasteiger charge is -2.34. The van der Waals surface area contributed by atoms with Crippen molar-refractivity contribution in [1.29, 1.82) is 0 Å². The van der Waals surface area contributed by atoms with Crippen LogP contribution in [0.1, 0.15) is 17.7 Å². The van der Waals surface area contributed by atoms with Crippen LogP contribution >= 0.6 is 11.3 Å². The third-order valence-electron chi connectivity index (χ3n) is 4.36. The standard InChI is InChI=1S/C16H17FO4S/c1-20-12-7-13-11(14(17)15(12)18)6-9(22-13)5-8-3-4-10(8)16(19)21-2/h6-8,10,18H,3-5H2,1-2H3/t8-,10+/m0/s1. The van der Waals surface area contributed by atoms with Crippen molar-refractivity contribution in [1.82, 2.24) is 0 Å². The van der Waals surface area contributed by atoms with Crippen LogP contribution in [0.25, 0.3) is 10.1 Å². The van der Waals surface area contributed by atoms with Gasteiger partial charge in [-0.05, 0) is 31.2 Å². The fourth-order valence-corrected chi connectivity index (χ4v) is 4.13. The second kappa shape index (κ2) is 5.76. The predicted molar refractivity (Wildman–Crippen MR) is 81.9 cm³/mol. The van der Waals surface area contributed by atoms with Gasteiger partial charge in [0.15, 0.2) is 17.3 Å². The number of methoxy groups -OCH3 is 2. The van der Waals surface area contributed by atoms with Crippen LogP contribution < -0.4 is 4.74 Å². The summed E-state index contributed by atoms with van der Waals surface area (Å²) in [6, 6.07) is 3.39. The van der Waals surface area contributed by atoms with E-state index < -0.39 is 11.6 Å². The van der Waals surface area contributed by atoms with Gasteiger partial charge in [-0.15, -0.1) is 11.3 Å². The average molecular weight is 324 g/mol. The Morgan fingerprint density at radius 1 is 1.41 bits per heavy atom. The summed E-state index contributed by atoms with van der Waals surface area (Å²) < 4.78 is 24.7. The van der Waals surface area contributed by atoms with Crippen LogP contribution in [0, 0.1) is 17.7 Å². The van der Waals surface area contributed by atoms with E-state index in [-0.39, 0.29) is 23.6 Å². The summed E-state index contributed by atoms with van der Waals surface area (Å²) in [4.78, 5) is 12.6.